The third-order valence-electron chi connectivity index (χ3n) is 4.90. The molecule has 6 heteroatoms. The molecular formula is C22H29N3O3. The summed E-state index contributed by atoms with van der Waals surface area (Å²) in [7, 11) is 1.65. The number of methoxy groups -OCH3 is 1. The van der Waals surface area contributed by atoms with Crippen molar-refractivity contribution in [3.8, 4) is 5.75 Å². The van der Waals surface area contributed by atoms with E-state index in [4.69, 9.17) is 14.6 Å². The third-order valence-corrected chi connectivity index (χ3v) is 4.90. The second-order valence-electron chi connectivity index (χ2n) is 8.09. The Morgan fingerprint density at radius 2 is 1.96 bits per heavy atom. The highest BCUT2D eigenvalue weighted by atomic mass is 16.5. The molecule has 1 aliphatic rings. The highest BCUT2D eigenvalue weighted by Crippen LogP contribution is 2.36. The van der Waals surface area contributed by atoms with Crippen molar-refractivity contribution >= 4 is 11.5 Å². The van der Waals surface area contributed by atoms with Crippen molar-refractivity contribution in [2.75, 3.05) is 13.7 Å². The summed E-state index contributed by atoms with van der Waals surface area (Å²) in [5, 5.41) is 8.08. The van der Waals surface area contributed by atoms with Gasteiger partial charge in [-0.2, -0.15) is 5.10 Å². The number of nitrogens with one attached hydrogen (secondary N) is 1. The third kappa shape index (κ3) is 3.91. The normalized spacial score (nSPS) is 15.3. The van der Waals surface area contributed by atoms with Crippen LogP contribution in [0.3, 0.4) is 0 Å². The van der Waals surface area contributed by atoms with Gasteiger partial charge >= 0.3 is 5.97 Å². The fourth-order valence-corrected chi connectivity index (χ4v) is 3.68. The number of benzene rings is 1. The number of hydrogen-bond acceptors (Lipinski definition) is 5. The first-order valence-electron chi connectivity index (χ1n) is 9.58. The van der Waals surface area contributed by atoms with E-state index in [-0.39, 0.29) is 17.5 Å². The minimum absolute atomic E-state index is 0.173. The summed E-state index contributed by atoms with van der Waals surface area (Å²) in [5.41, 5.74) is 4.27. The number of ether oxygens (including phenoxy) is 2. The molecule has 3 rings (SSSR count). The molecule has 0 radical (unpaired) electrons. The van der Waals surface area contributed by atoms with Gasteiger partial charge in [0.25, 0.3) is 0 Å². The molecule has 2 heterocycles. The van der Waals surface area contributed by atoms with Crippen LogP contribution in [0.5, 0.6) is 5.75 Å². The first kappa shape index (κ1) is 20.0. The fraction of sp³-hybridized carbons (Fsp3) is 0.455. The Labute approximate surface area is 166 Å². The molecular weight excluding hydrogens is 354 g/mol. The van der Waals surface area contributed by atoms with Crippen molar-refractivity contribution in [1.29, 1.82) is 0 Å². The van der Waals surface area contributed by atoms with E-state index in [1.54, 1.807) is 13.3 Å². The van der Waals surface area contributed by atoms with E-state index in [1.807, 2.05) is 49.7 Å². The lowest BCUT2D eigenvalue weighted by molar-refractivity contribution is -0.140. The first-order chi connectivity index (χ1) is 13.2. The lowest BCUT2D eigenvalue weighted by atomic mass is 9.82. The summed E-state index contributed by atoms with van der Waals surface area (Å²) in [6, 6.07) is 7.88. The summed E-state index contributed by atoms with van der Waals surface area (Å²) in [4.78, 5) is 12.8. The van der Waals surface area contributed by atoms with Crippen molar-refractivity contribution in [2.24, 2.45) is 0 Å². The Morgan fingerprint density at radius 3 is 2.57 bits per heavy atom. The van der Waals surface area contributed by atoms with Gasteiger partial charge in [-0.15, -0.1) is 0 Å². The smallest absolute Gasteiger partial charge is 0.342 e. The monoisotopic (exact) mass is 383 g/mol. The molecule has 0 atom stereocenters. The Kier molecular flexibility index (Phi) is 5.49. The molecule has 0 fully saturated rings. The number of aryl methyl sites for hydroxylation is 1. The number of nitrogens with zero attached hydrogens (tertiary/aromatic N) is 2. The van der Waals surface area contributed by atoms with E-state index >= 15 is 0 Å². The lowest BCUT2D eigenvalue weighted by Crippen LogP contribution is -2.29. The van der Waals surface area contributed by atoms with Gasteiger partial charge in [0.05, 0.1) is 31.1 Å². The Hall–Kier alpha value is -2.76. The molecule has 0 bridgehead atoms. The first-order valence-corrected chi connectivity index (χ1v) is 9.58. The van der Waals surface area contributed by atoms with E-state index in [0.29, 0.717) is 18.7 Å². The zero-order valence-electron chi connectivity index (χ0n) is 17.5. The van der Waals surface area contributed by atoms with Crippen LogP contribution in [0.2, 0.25) is 0 Å². The predicted molar refractivity (Wildman–Crippen MR) is 109 cm³/mol. The molecule has 2 aromatic rings. The summed E-state index contributed by atoms with van der Waals surface area (Å²) >= 11 is 0. The fourth-order valence-electron chi connectivity index (χ4n) is 3.68. The molecule has 150 valence electrons. The summed E-state index contributed by atoms with van der Waals surface area (Å²) in [6.45, 7) is 11.3. The number of hydrogen-bond donors (Lipinski definition) is 1. The zero-order valence-corrected chi connectivity index (χ0v) is 17.5. The molecule has 6 nitrogen and oxygen atoms in total. The van der Waals surface area contributed by atoms with Gasteiger partial charge in [0.15, 0.2) is 0 Å². The average molecular weight is 383 g/mol. The molecule has 0 spiro atoms. The van der Waals surface area contributed by atoms with Gasteiger partial charge < -0.3 is 14.8 Å². The van der Waals surface area contributed by atoms with E-state index in [1.165, 1.54) is 0 Å². The van der Waals surface area contributed by atoms with Crippen LogP contribution in [-0.2, 0) is 21.5 Å². The number of carbonyl (C=O) groups is 1. The molecule has 1 aromatic heterocycles. The molecule has 28 heavy (non-hydrogen) atoms. The van der Waals surface area contributed by atoms with Crippen LogP contribution in [0.15, 0.2) is 30.5 Å². The van der Waals surface area contributed by atoms with Crippen LogP contribution in [0.1, 0.15) is 50.2 Å². The molecule has 0 unspecified atom stereocenters. The van der Waals surface area contributed by atoms with Gasteiger partial charge in [-0.3, -0.25) is 4.68 Å². The van der Waals surface area contributed by atoms with Crippen LogP contribution >= 0.6 is 0 Å². The average Bonchev–Trinajstić information content (AvgIpc) is 2.86. The number of fused-ring (bicyclic) bond motifs is 1. The van der Waals surface area contributed by atoms with E-state index in [9.17, 15) is 4.79 Å². The van der Waals surface area contributed by atoms with Crippen molar-refractivity contribution in [1.82, 2.24) is 15.1 Å². The topological polar surface area (TPSA) is 65.4 Å². The number of carbonyl (C=O) groups excluding carboxylic acids is 1. The number of aromatic nitrogens is 2. The molecule has 1 aliphatic heterocycles. The second-order valence-corrected chi connectivity index (χ2v) is 8.09. The zero-order chi connectivity index (χ0) is 20.5. The highest BCUT2D eigenvalue weighted by Gasteiger charge is 2.35. The quantitative estimate of drug-likeness (QED) is 0.802. The van der Waals surface area contributed by atoms with E-state index in [2.05, 4.69) is 19.2 Å². The lowest BCUT2D eigenvalue weighted by Gasteiger charge is -2.24. The predicted octanol–water partition coefficient (Wildman–Crippen LogP) is 3.42. The summed E-state index contributed by atoms with van der Waals surface area (Å²) < 4.78 is 12.7. The van der Waals surface area contributed by atoms with Gasteiger partial charge in [0.2, 0.25) is 0 Å². The van der Waals surface area contributed by atoms with E-state index < -0.39 is 0 Å². The van der Waals surface area contributed by atoms with Crippen LogP contribution < -0.4 is 10.1 Å². The Morgan fingerprint density at radius 1 is 1.29 bits per heavy atom. The van der Waals surface area contributed by atoms with Gasteiger partial charge in [-0.05, 0) is 38.5 Å². The maximum Gasteiger partial charge on any atom is 0.342 e. The molecule has 1 N–H and O–H groups in total. The van der Waals surface area contributed by atoms with Gasteiger partial charge in [0, 0.05) is 23.7 Å². The maximum atomic E-state index is 12.8. The SMILES string of the molecule is COc1ccc(Cn2nc(C)c3c2C(C(=O)OC(C)C)=CNCC3(C)C)cc1. The Balaban J connectivity index is 2.08. The number of rotatable bonds is 5. The van der Waals surface area contributed by atoms with Gasteiger partial charge in [0.1, 0.15) is 11.3 Å². The molecule has 0 amide bonds. The largest absolute Gasteiger partial charge is 0.497 e. The molecule has 0 saturated carbocycles. The highest BCUT2D eigenvalue weighted by molar-refractivity contribution is 6.16. The molecule has 0 aliphatic carbocycles. The van der Waals surface area contributed by atoms with Crippen molar-refractivity contribution < 1.29 is 14.3 Å². The number of esters is 1. The van der Waals surface area contributed by atoms with Gasteiger partial charge in [-0.1, -0.05) is 26.0 Å². The Bertz CT molecular complexity index is 892. The van der Waals surface area contributed by atoms with E-state index in [0.717, 1.165) is 28.3 Å². The minimum Gasteiger partial charge on any atom is -0.497 e. The second kappa shape index (κ2) is 7.70. The van der Waals surface area contributed by atoms with Crippen LogP contribution in [0.4, 0.5) is 0 Å². The van der Waals surface area contributed by atoms with Crippen LogP contribution in [-0.4, -0.2) is 35.5 Å². The molecule has 0 saturated heterocycles. The van der Waals surface area contributed by atoms with Crippen molar-refractivity contribution in [2.45, 2.75) is 52.7 Å². The van der Waals surface area contributed by atoms with Crippen LogP contribution in [0.25, 0.3) is 5.57 Å². The van der Waals surface area contributed by atoms with Crippen molar-refractivity contribution in [3.05, 3.63) is 53.0 Å². The van der Waals surface area contributed by atoms with Crippen molar-refractivity contribution in [3.63, 3.8) is 0 Å². The van der Waals surface area contributed by atoms with Gasteiger partial charge in [-0.25, -0.2) is 4.79 Å². The summed E-state index contributed by atoms with van der Waals surface area (Å²) in [6.07, 6.45) is 1.58. The maximum absolute atomic E-state index is 12.8. The van der Waals surface area contributed by atoms with Crippen LogP contribution in [0, 0.1) is 6.92 Å². The molecule has 1 aromatic carbocycles. The summed E-state index contributed by atoms with van der Waals surface area (Å²) in [5.74, 6) is 0.475. The minimum atomic E-state index is -0.336. The standard InChI is InChI=1S/C22H29N3O3/c1-14(2)28-21(26)18-11-23-13-22(4,5)19-15(3)24-25(20(18)19)12-16-7-9-17(27-6)10-8-16/h7-11,14,23H,12-13H2,1-6H3.